The van der Waals surface area contributed by atoms with Crippen LogP contribution in [0.1, 0.15) is 17.5 Å². The van der Waals surface area contributed by atoms with Crippen molar-refractivity contribution in [3.8, 4) is 0 Å². The molecule has 2 fully saturated rings. The molecule has 4 rings (SSSR count). The number of nitrogens with zero attached hydrogens (tertiary/aromatic N) is 3. The van der Waals surface area contributed by atoms with Crippen LogP contribution in [0.15, 0.2) is 23.1 Å². The molecule has 0 aromatic heterocycles. The van der Waals surface area contributed by atoms with Crippen molar-refractivity contribution in [1.29, 1.82) is 0 Å². The number of carbonyl (C=O) groups is 2. The van der Waals surface area contributed by atoms with Gasteiger partial charge in [-0.1, -0.05) is 6.07 Å². The third kappa shape index (κ3) is 3.72. The zero-order chi connectivity index (χ0) is 19.0. The Balaban J connectivity index is 1.38. The molecule has 2 saturated heterocycles. The summed E-state index contributed by atoms with van der Waals surface area (Å²) in [5.41, 5.74) is 2.39. The molecule has 1 aromatic carbocycles. The summed E-state index contributed by atoms with van der Waals surface area (Å²) >= 11 is 1.51. The fraction of sp³-hybridized carbons (Fsp3) is 0.556. The Morgan fingerprint density at radius 3 is 2.52 bits per heavy atom. The molecule has 1 aromatic rings. The quantitative estimate of drug-likeness (QED) is 0.725. The monoisotopic (exact) mass is 409 g/mol. The van der Waals surface area contributed by atoms with Crippen LogP contribution in [0.25, 0.3) is 0 Å². The van der Waals surface area contributed by atoms with Crippen molar-refractivity contribution in [2.24, 2.45) is 0 Å². The molecule has 2 heterocycles. The van der Waals surface area contributed by atoms with Gasteiger partial charge in [-0.3, -0.25) is 9.59 Å². The minimum atomic E-state index is -3.54. The van der Waals surface area contributed by atoms with Gasteiger partial charge >= 0.3 is 0 Å². The lowest BCUT2D eigenvalue weighted by Gasteiger charge is -2.34. The predicted molar refractivity (Wildman–Crippen MR) is 103 cm³/mol. The molecule has 0 unspecified atom stereocenters. The highest BCUT2D eigenvalue weighted by Gasteiger charge is 2.32. The van der Waals surface area contributed by atoms with E-state index in [-0.39, 0.29) is 31.4 Å². The summed E-state index contributed by atoms with van der Waals surface area (Å²) in [6, 6.07) is 5.44. The summed E-state index contributed by atoms with van der Waals surface area (Å²) in [5.74, 6) is 0.865. The normalized spacial score (nSPS) is 21.0. The average Bonchev–Trinajstić information content (AvgIpc) is 3.30. The Morgan fingerprint density at radius 1 is 1.07 bits per heavy atom. The van der Waals surface area contributed by atoms with Gasteiger partial charge in [0.25, 0.3) is 0 Å². The smallest absolute Gasteiger partial charge is 0.243 e. The van der Waals surface area contributed by atoms with Crippen LogP contribution in [0, 0.1) is 0 Å². The molecule has 1 aliphatic carbocycles. The molecule has 2 aliphatic heterocycles. The zero-order valence-corrected chi connectivity index (χ0v) is 16.7. The third-order valence-electron chi connectivity index (χ3n) is 5.45. The molecule has 3 aliphatic rings. The van der Waals surface area contributed by atoms with E-state index in [1.165, 1.54) is 21.6 Å². The van der Waals surface area contributed by atoms with E-state index in [2.05, 4.69) is 0 Å². The van der Waals surface area contributed by atoms with E-state index in [1.807, 2.05) is 12.1 Å². The summed E-state index contributed by atoms with van der Waals surface area (Å²) in [6.07, 6.45) is 3.04. The van der Waals surface area contributed by atoms with Crippen molar-refractivity contribution in [2.75, 3.05) is 44.4 Å². The minimum absolute atomic E-state index is 0.00817. The van der Waals surface area contributed by atoms with Gasteiger partial charge in [-0.2, -0.15) is 4.31 Å². The minimum Gasteiger partial charge on any atom is -0.339 e. The van der Waals surface area contributed by atoms with Gasteiger partial charge in [0, 0.05) is 26.2 Å². The van der Waals surface area contributed by atoms with Gasteiger partial charge in [0.1, 0.15) is 6.54 Å². The van der Waals surface area contributed by atoms with Crippen molar-refractivity contribution >= 4 is 33.6 Å². The lowest BCUT2D eigenvalue weighted by Crippen LogP contribution is -2.52. The van der Waals surface area contributed by atoms with Gasteiger partial charge in [0.15, 0.2) is 0 Å². The van der Waals surface area contributed by atoms with Crippen molar-refractivity contribution in [1.82, 2.24) is 14.1 Å². The molecule has 146 valence electrons. The van der Waals surface area contributed by atoms with Gasteiger partial charge in [0.05, 0.1) is 16.5 Å². The van der Waals surface area contributed by atoms with Crippen molar-refractivity contribution in [2.45, 2.75) is 24.2 Å². The van der Waals surface area contributed by atoms with E-state index in [4.69, 9.17) is 0 Å². The molecular weight excluding hydrogens is 386 g/mol. The number of aryl methyl sites for hydroxylation is 2. The lowest BCUT2D eigenvalue weighted by atomic mass is 10.1. The topological polar surface area (TPSA) is 78.0 Å². The van der Waals surface area contributed by atoms with Crippen LogP contribution in [0.4, 0.5) is 0 Å². The molecule has 9 heteroatoms. The van der Waals surface area contributed by atoms with E-state index in [0.29, 0.717) is 29.6 Å². The maximum Gasteiger partial charge on any atom is 0.243 e. The maximum absolute atomic E-state index is 13.0. The molecule has 0 bridgehead atoms. The highest BCUT2D eigenvalue weighted by atomic mass is 32.2. The van der Waals surface area contributed by atoms with Crippen LogP contribution in [0.3, 0.4) is 0 Å². The Morgan fingerprint density at radius 2 is 1.81 bits per heavy atom. The largest absolute Gasteiger partial charge is 0.339 e. The van der Waals surface area contributed by atoms with Crippen molar-refractivity contribution in [3.05, 3.63) is 29.3 Å². The molecule has 0 atom stereocenters. The number of fused-ring (bicyclic) bond motifs is 1. The van der Waals surface area contributed by atoms with Crippen molar-refractivity contribution < 1.29 is 18.0 Å². The van der Waals surface area contributed by atoms with Crippen LogP contribution in [-0.2, 0) is 32.5 Å². The molecular formula is C18H23N3O4S2. The van der Waals surface area contributed by atoms with Crippen LogP contribution >= 0.6 is 11.8 Å². The summed E-state index contributed by atoms with van der Waals surface area (Å²) in [7, 11) is -3.54. The first-order valence-electron chi connectivity index (χ1n) is 9.20. The molecule has 0 radical (unpaired) electrons. The number of amides is 2. The van der Waals surface area contributed by atoms with Crippen LogP contribution in [-0.4, -0.2) is 78.7 Å². The van der Waals surface area contributed by atoms with Gasteiger partial charge in [-0.25, -0.2) is 8.42 Å². The molecule has 0 spiro atoms. The van der Waals surface area contributed by atoms with Gasteiger partial charge in [-0.05, 0) is 42.5 Å². The number of sulfonamides is 1. The zero-order valence-electron chi connectivity index (χ0n) is 15.1. The van der Waals surface area contributed by atoms with Gasteiger partial charge in [0.2, 0.25) is 21.8 Å². The number of hydrogen-bond donors (Lipinski definition) is 0. The van der Waals surface area contributed by atoms with Gasteiger partial charge < -0.3 is 9.80 Å². The second kappa shape index (κ2) is 7.44. The van der Waals surface area contributed by atoms with Crippen LogP contribution in [0.5, 0.6) is 0 Å². The molecule has 0 saturated carbocycles. The third-order valence-corrected chi connectivity index (χ3v) is 8.29. The van der Waals surface area contributed by atoms with Crippen LogP contribution in [0.2, 0.25) is 0 Å². The van der Waals surface area contributed by atoms with E-state index in [1.54, 1.807) is 15.9 Å². The first-order valence-corrected chi connectivity index (χ1v) is 11.8. The maximum atomic E-state index is 13.0. The van der Waals surface area contributed by atoms with E-state index in [0.717, 1.165) is 24.8 Å². The Bertz CT molecular complexity index is 863. The second-order valence-electron chi connectivity index (χ2n) is 7.14. The molecule has 2 amide bonds. The highest BCUT2D eigenvalue weighted by molar-refractivity contribution is 8.00. The Labute approximate surface area is 163 Å². The molecule has 0 N–H and O–H groups in total. The second-order valence-corrected chi connectivity index (χ2v) is 10.0. The fourth-order valence-electron chi connectivity index (χ4n) is 3.84. The Hall–Kier alpha value is -1.58. The number of rotatable bonds is 4. The Kier molecular flexibility index (Phi) is 5.17. The lowest BCUT2D eigenvalue weighted by molar-refractivity contribution is -0.138. The van der Waals surface area contributed by atoms with E-state index in [9.17, 15) is 18.0 Å². The summed E-state index contributed by atoms with van der Waals surface area (Å²) in [6.45, 7) is 1.38. The number of carbonyl (C=O) groups excluding carboxylic acids is 2. The van der Waals surface area contributed by atoms with E-state index < -0.39 is 10.0 Å². The SMILES string of the molecule is O=C(CN1CSCC1=O)N1CCN(S(=O)(=O)c2ccc3c(c2)CCC3)CC1. The summed E-state index contributed by atoms with van der Waals surface area (Å²) in [5, 5.41) is 0. The fourth-order valence-corrected chi connectivity index (χ4v) is 6.22. The first-order chi connectivity index (χ1) is 12.9. The standard InChI is InChI=1S/C18H23N3O4S2/c22-17(11-20-13-26-12-18(20)23)19-6-8-21(9-7-19)27(24,25)16-5-4-14-2-1-3-15(14)10-16/h4-5,10H,1-3,6-9,11-13H2. The summed E-state index contributed by atoms with van der Waals surface area (Å²) in [4.78, 5) is 27.6. The molecule has 7 nitrogen and oxygen atoms in total. The van der Waals surface area contributed by atoms with Gasteiger partial charge in [-0.15, -0.1) is 11.8 Å². The number of hydrogen-bond acceptors (Lipinski definition) is 5. The summed E-state index contributed by atoms with van der Waals surface area (Å²) < 4.78 is 27.4. The van der Waals surface area contributed by atoms with Crippen LogP contribution < -0.4 is 0 Å². The predicted octanol–water partition coefficient (Wildman–Crippen LogP) is 0.541. The highest BCUT2D eigenvalue weighted by Crippen LogP contribution is 2.26. The number of thioether (sulfide) groups is 1. The number of benzene rings is 1. The van der Waals surface area contributed by atoms with Crippen molar-refractivity contribution in [3.63, 3.8) is 0 Å². The average molecular weight is 410 g/mol. The number of piperazine rings is 1. The first kappa shape index (κ1) is 18.8. The van der Waals surface area contributed by atoms with E-state index >= 15 is 0 Å². The molecule has 27 heavy (non-hydrogen) atoms.